The van der Waals surface area contributed by atoms with Crippen LogP contribution in [0, 0.1) is 0 Å². The van der Waals surface area contributed by atoms with Crippen molar-refractivity contribution in [3.63, 3.8) is 0 Å². The molecule has 0 aromatic heterocycles. The molecule has 0 spiro atoms. The van der Waals surface area contributed by atoms with Crippen LogP contribution < -0.4 is 14.2 Å². The molecule has 7 N–H and O–H groups in total. The lowest BCUT2D eigenvalue weighted by atomic mass is 9.98. The molecule has 35 heavy (non-hydrogen) atoms. The Morgan fingerprint density at radius 2 is 1.66 bits per heavy atom. The molecule has 13 heteroatoms. The summed E-state index contributed by atoms with van der Waals surface area (Å²) in [6, 6.07) is 3.22. The van der Waals surface area contributed by atoms with Crippen molar-refractivity contribution in [3.05, 3.63) is 23.8 Å². The Bertz CT molecular complexity index is 837. The monoisotopic (exact) mass is 504 g/mol. The SMILES string of the molecule is COc1cc(C=CCO)cc(OC)c1OC1OCC(O)(COC2OC(CO)C(O)C(O)C2O)C1O. The highest BCUT2D eigenvalue weighted by atomic mass is 16.7. The van der Waals surface area contributed by atoms with E-state index in [2.05, 4.69) is 0 Å². The molecule has 2 saturated heterocycles. The van der Waals surface area contributed by atoms with E-state index in [9.17, 15) is 30.6 Å². The van der Waals surface area contributed by atoms with Crippen LogP contribution in [0.2, 0.25) is 0 Å². The predicted molar refractivity (Wildman–Crippen MR) is 117 cm³/mol. The molecule has 1 aromatic carbocycles. The van der Waals surface area contributed by atoms with Gasteiger partial charge in [0.2, 0.25) is 12.0 Å². The van der Waals surface area contributed by atoms with Gasteiger partial charge in [-0.3, -0.25) is 0 Å². The molecular weight excluding hydrogens is 472 g/mol. The van der Waals surface area contributed by atoms with Gasteiger partial charge in [0.25, 0.3) is 0 Å². The summed E-state index contributed by atoms with van der Waals surface area (Å²) >= 11 is 0. The molecule has 1 aromatic rings. The third kappa shape index (κ3) is 5.86. The third-order valence-electron chi connectivity index (χ3n) is 5.78. The summed E-state index contributed by atoms with van der Waals surface area (Å²) in [5.41, 5.74) is -1.34. The van der Waals surface area contributed by atoms with E-state index in [1.165, 1.54) is 20.3 Å². The van der Waals surface area contributed by atoms with E-state index in [0.717, 1.165) is 0 Å². The van der Waals surface area contributed by atoms with E-state index >= 15 is 0 Å². The van der Waals surface area contributed by atoms with Crippen LogP contribution in [0.4, 0.5) is 0 Å². The van der Waals surface area contributed by atoms with E-state index in [4.69, 9.17) is 33.5 Å². The van der Waals surface area contributed by atoms with Gasteiger partial charge in [-0.15, -0.1) is 0 Å². The van der Waals surface area contributed by atoms with E-state index in [1.54, 1.807) is 18.2 Å². The smallest absolute Gasteiger partial charge is 0.229 e. The molecule has 0 saturated carbocycles. The first-order valence-corrected chi connectivity index (χ1v) is 10.8. The molecule has 8 atom stereocenters. The molecule has 0 aliphatic carbocycles. The largest absolute Gasteiger partial charge is 0.493 e. The van der Waals surface area contributed by atoms with Gasteiger partial charge in [-0.25, -0.2) is 0 Å². The van der Waals surface area contributed by atoms with Gasteiger partial charge in [0.1, 0.15) is 36.1 Å². The molecule has 3 rings (SSSR count). The minimum atomic E-state index is -1.99. The van der Waals surface area contributed by atoms with Crippen molar-refractivity contribution in [2.24, 2.45) is 0 Å². The summed E-state index contributed by atoms with van der Waals surface area (Å²) in [5, 5.41) is 69.7. The van der Waals surface area contributed by atoms with E-state index in [-0.39, 0.29) is 23.9 Å². The maximum absolute atomic E-state index is 10.9. The van der Waals surface area contributed by atoms with Crippen molar-refractivity contribution in [2.75, 3.05) is 40.6 Å². The Hall–Kier alpha value is -2.04. The van der Waals surface area contributed by atoms with Crippen LogP contribution in [0.15, 0.2) is 18.2 Å². The highest BCUT2D eigenvalue weighted by molar-refractivity contribution is 5.62. The van der Waals surface area contributed by atoms with Gasteiger partial charge >= 0.3 is 0 Å². The van der Waals surface area contributed by atoms with Gasteiger partial charge in [0.05, 0.1) is 40.6 Å². The maximum Gasteiger partial charge on any atom is 0.229 e. The molecule has 2 heterocycles. The zero-order valence-electron chi connectivity index (χ0n) is 19.3. The summed E-state index contributed by atoms with van der Waals surface area (Å²) in [7, 11) is 2.80. The minimum Gasteiger partial charge on any atom is -0.493 e. The number of benzene rings is 1. The van der Waals surface area contributed by atoms with E-state index in [1.807, 2.05) is 0 Å². The number of hydrogen-bond acceptors (Lipinski definition) is 13. The highest BCUT2D eigenvalue weighted by Crippen LogP contribution is 2.41. The lowest BCUT2D eigenvalue weighted by Crippen LogP contribution is -2.60. The highest BCUT2D eigenvalue weighted by Gasteiger charge is 2.52. The first-order chi connectivity index (χ1) is 16.7. The van der Waals surface area contributed by atoms with Gasteiger partial charge in [0, 0.05) is 0 Å². The zero-order valence-corrected chi connectivity index (χ0v) is 19.3. The quantitative estimate of drug-likeness (QED) is 0.175. The number of hydrogen-bond donors (Lipinski definition) is 7. The van der Waals surface area contributed by atoms with Crippen LogP contribution in [-0.4, -0.2) is 125 Å². The molecular formula is C22H32O13. The van der Waals surface area contributed by atoms with E-state index < -0.39 is 68.5 Å². The fraction of sp³-hybridized carbons (Fsp3) is 0.636. The Morgan fingerprint density at radius 3 is 2.23 bits per heavy atom. The van der Waals surface area contributed by atoms with Crippen molar-refractivity contribution >= 4 is 6.08 Å². The van der Waals surface area contributed by atoms with Gasteiger partial charge < -0.3 is 64.2 Å². The normalized spacial score (nSPS) is 35.4. The van der Waals surface area contributed by atoms with Crippen molar-refractivity contribution in [3.8, 4) is 17.2 Å². The van der Waals surface area contributed by atoms with Crippen LogP contribution in [0.3, 0.4) is 0 Å². The Labute approximate surface area is 201 Å². The lowest BCUT2D eigenvalue weighted by molar-refractivity contribution is -0.310. The summed E-state index contributed by atoms with van der Waals surface area (Å²) in [5.74, 6) is 0.579. The fourth-order valence-electron chi connectivity index (χ4n) is 3.73. The van der Waals surface area contributed by atoms with Crippen molar-refractivity contribution in [2.45, 2.75) is 48.7 Å². The van der Waals surface area contributed by atoms with Crippen molar-refractivity contribution in [1.82, 2.24) is 0 Å². The molecule has 0 bridgehead atoms. The Balaban J connectivity index is 1.70. The molecule has 0 radical (unpaired) electrons. The second-order valence-corrected chi connectivity index (χ2v) is 8.19. The van der Waals surface area contributed by atoms with Gasteiger partial charge in [0.15, 0.2) is 17.8 Å². The van der Waals surface area contributed by atoms with E-state index in [0.29, 0.717) is 5.56 Å². The molecule has 2 aliphatic rings. The maximum atomic E-state index is 10.9. The summed E-state index contributed by atoms with van der Waals surface area (Å²) < 4.78 is 32.5. The fourth-order valence-corrected chi connectivity index (χ4v) is 3.73. The second kappa shape index (κ2) is 11.8. The minimum absolute atomic E-state index is 0.0966. The second-order valence-electron chi connectivity index (χ2n) is 8.19. The summed E-state index contributed by atoms with van der Waals surface area (Å²) in [6.07, 6.45) is -7.40. The van der Waals surface area contributed by atoms with Gasteiger partial charge in [-0.05, 0) is 17.7 Å². The predicted octanol–water partition coefficient (Wildman–Crippen LogP) is -2.65. The number of aliphatic hydroxyl groups is 7. The Morgan fingerprint density at radius 1 is 1.00 bits per heavy atom. The standard InChI is InChI=1S/C22H32O13/c1-30-12-6-11(4-3-5-23)7-13(31-2)18(12)35-21-19(28)22(29,10-33-21)9-32-20-17(27)16(26)15(25)14(8-24)34-20/h3-4,6-7,14-17,19-21,23-29H,5,8-10H2,1-2H3. The number of aliphatic hydroxyl groups excluding tert-OH is 6. The summed E-state index contributed by atoms with van der Waals surface area (Å²) in [6.45, 7) is -1.82. The summed E-state index contributed by atoms with van der Waals surface area (Å²) in [4.78, 5) is 0. The van der Waals surface area contributed by atoms with Gasteiger partial charge in [-0.2, -0.15) is 0 Å². The first-order valence-electron chi connectivity index (χ1n) is 10.8. The Kier molecular flexibility index (Phi) is 9.28. The molecule has 2 fully saturated rings. The molecule has 8 unspecified atom stereocenters. The van der Waals surface area contributed by atoms with Crippen LogP contribution in [0.1, 0.15) is 5.56 Å². The molecule has 13 nitrogen and oxygen atoms in total. The number of methoxy groups -OCH3 is 2. The van der Waals surface area contributed by atoms with Crippen LogP contribution in [0.5, 0.6) is 17.2 Å². The van der Waals surface area contributed by atoms with Crippen LogP contribution in [0.25, 0.3) is 6.08 Å². The lowest BCUT2D eigenvalue weighted by Gasteiger charge is -2.40. The average Bonchev–Trinajstić information content (AvgIpc) is 3.14. The van der Waals surface area contributed by atoms with Crippen LogP contribution >= 0.6 is 0 Å². The third-order valence-corrected chi connectivity index (χ3v) is 5.78. The molecule has 0 amide bonds. The van der Waals surface area contributed by atoms with Crippen molar-refractivity contribution < 1.29 is 64.2 Å². The van der Waals surface area contributed by atoms with Crippen molar-refractivity contribution in [1.29, 1.82) is 0 Å². The molecule has 2 aliphatic heterocycles. The zero-order chi connectivity index (χ0) is 25.8. The number of ether oxygens (including phenoxy) is 6. The first kappa shape index (κ1) is 27.5. The van der Waals surface area contributed by atoms with Crippen LogP contribution in [-0.2, 0) is 14.2 Å². The molecule has 198 valence electrons. The average molecular weight is 504 g/mol. The number of rotatable bonds is 10. The van der Waals surface area contributed by atoms with Gasteiger partial charge in [-0.1, -0.05) is 12.2 Å². The topological polar surface area (TPSA) is 197 Å².